The number of anilines is 2. The molecule has 1 N–H and O–H groups in total. The molecule has 1 aliphatic rings. The van der Waals surface area contributed by atoms with Crippen molar-refractivity contribution in [1.29, 1.82) is 0 Å². The standard InChI is InChI=1S/C23H23FN4OS/c1-16-5-2-9-20(13-16)30-23-21(25-10-11-26-23)28-12-4-6-17(15-28)22(29)27-19-8-3-7-18(24)14-19/h2-3,5,7-11,13-14,17H,4,6,12,15H2,1H3,(H,27,29). The summed E-state index contributed by atoms with van der Waals surface area (Å²) in [5, 5.41) is 3.67. The minimum atomic E-state index is -0.365. The first-order chi connectivity index (χ1) is 14.6. The molecule has 0 aliphatic carbocycles. The third-order valence-corrected chi connectivity index (χ3v) is 6.01. The number of nitrogens with one attached hydrogen (secondary N) is 1. The SMILES string of the molecule is Cc1cccc(Sc2nccnc2N2CCCC(C(=O)Nc3cccc(F)c3)C2)c1. The van der Waals surface area contributed by atoms with Gasteiger partial charge >= 0.3 is 0 Å². The lowest BCUT2D eigenvalue weighted by Gasteiger charge is -2.33. The van der Waals surface area contributed by atoms with Crippen molar-refractivity contribution in [3.8, 4) is 0 Å². The number of benzene rings is 2. The number of aromatic nitrogens is 2. The van der Waals surface area contributed by atoms with Gasteiger partial charge in [0.2, 0.25) is 5.91 Å². The number of amides is 1. The molecule has 0 radical (unpaired) electrons. The Morgan fingerprint density at radius 2 is 2.00 bits per heavy atom. The quantitative estimate of drug-likeness (QED) is 0.632. The van der Waals surface area contributed by atoms with Gasteiger partial charge in [-0.2, -0.15) is 0 Å². The maximum Gasteiger partial charge on any atom is 0.229 e. The fraction of sp³-hybridized carbons (Fsp3) is 0.261. The van der Waals surface area contributed by atoms with Crippen LogP contribution in [0.3, 0.4) is 0 Å². The molecule has 1 aliphatic heterocycles. The van der Waals surface area contributed by atoms with Crippen molar-refractivity contribution in [2.24, 2.45) is 5.92 Å². The zero-order valence-electron chi connectivity index (χ0n) is 16.7. The molecule has 4 rings (SSSR count). The van der Waals surface area contributed by atoms with E-state index in [0.29, 0.717) is 12.2 Å². The van der Waals surface area contributed by atoms with Gasteiger partial charge in [0.15, 0.2) is 5.82 Å². The van der Waals surface area contributed by atoms with Crippen LogP contribution in [0.2, 0.25) is 0 Å². The average Bonchev–Trinajstić information content (AvgIpc) is 2.74. The molecule has 154 valence electrons. The molecule has 2 aromatic carbocycles. The monoisotopic (exact) mass is 422 g/mol. The van der Waals surface area contributed by atoms with E-state index < -0.39 is 0 Å². The van der Waals surface area contributed by atoms with Crippen LogP contribution in [0.4, 0.5) is 15.9 Å². The van der Waals surface area contributed by atoms with Gasteiger partial charge in [0.05, 0.1) is 5.92 Å². The Labute approximate surface area is 179 Å². The number of nitrogens with zero attached hydrogens (tertiary/aromatic N) is 3. The van der Waals surface area contributed by atoms with Crippen molar-refractivity contribution in [2.45, 2.75) is 29.7 Å². The van der Waals surface area contributed by atoms with Crippen LogP contribution in [-0.4, -0.2) is 29.0 Å². The number of piperidine rings is 1. The molecule has 1 atom stereocenters. The molecule has 0 spiro atoms. The van der Waals surface area contributed by atoms with E-state index in [1.54, 1.807) is 36.3 Å². The number of rotatable bonds is 5. The third kappa shape index (κ3) is 4.97. The van der Waals surface area contributed by atoms with Gasteiger partial charge < -0.3 is 10.2 Å². The summed E-state index contributed by atoms with van der Waals surface area (Å²) >= 11 is 1.58. The number of hydrogen-bond acceptors (Lipinski definition) is 5. The van der Waals surface area contributed by atoms with E-state index in [2.05, 4.69) is 45.3 Å². The summed E-state index contributed by atoms with van der Waals surface area (Å²) in [6.45, 7) is 3.44. The van der Waals surface area contributed by atoms with Crippen LogP contribution in [0, 0.1) is 18.7 Å². The summed E-state index contributed by atoms with van der Waals surface area (Å²) in [7, 11) is 0. The first-order valence-corrected chi connectivity index (χ1v) is 10.8. The van der Waals surface area contributed by atoms with Crippen LogP contribution in [-0.2, 0) is 4.79 Å². The predicted octanol–water partition coefficient (Wildman–Crippen LogP) is 4.93. The molecule has 1 fully saturated rings. The largest absolute Gasteiger partial charge is 0.354 e. The highest BCUT2D eigenvalue weighted by atomic mass is 32.2. The van der Waals surface area contributed by atoms with Crippen LogP contribution in [0.15, 0.2) is 70.8 Å². The van der Waals surface area contributed by atoms with Gasteiger partial charge in [-0.25, -0.2) is 14.4 Å². The summed E-state index contributed by atoms with van der Waals surface area (Å²) in [4.78, 5) is 25.1. The summed E-state index contributed by atoms with van der Waals surface area (Å²) < 4.78 is 13.4. The van der Waals surface area contributed by atoms with Crippen molar-refractivity contribution in [3.63, 3.8) is 0 Å². The van der Waals surface area contributed by atoms with Crippen molar-refractivity contribution in [3.05, 3.63) is 72.3 Å². The maximum absolute atomic E-state index is 13.4. The molecule has 1 aromatic heterocycles. The van der Waals surface area contributed by atoms with E-state index >= 15 is 0 Å². The van der Waals surface area contributed by atoms with Gasteiger partial charge in [0.25, 0.3) is 0 Å². The topological polar surface area (TPSA) is 58.1 Å². The highest BCUT2D eigenvalue weighted by Crippen LogP contribution is 2.34. The number of carbonyl (C=O) groups excluding carboxylic acids is 1. The van der Waals surface area contributed by atoms with Crippen LogP contribution in [0.5, 0.6) is 0 Å². The van der Waals surface area contributed by atoms with Gasteiger partial charge in [-0.1, -0.05) is 35.5 Å². The Balaban J connectivity index is 1.49. The van der Waals surface area contributed by atoms with Crippen molar-refractivity contribution in [1.82, 2.24) is 9.97 Å². The number of halogens is 1. The molecular weight excluding hydrogens is 399 g/mol. The zero-order valence-corrected chi connectivity index (χ0v) is 17.5. The van der Waals surface area contributed by atoms with Gasteiger partial charge in [-0.3, -0.25) is 4.79 Å². The number of aryl methyl sites for hydroxylation is 1. The first kappa shape index (κ1) is 20.3. The lowest BCUT2D eigenvalue weighted by Crippen LogP contribution is -2.41. The minimum absolute atomic E-state index is 0.0953. The average molecular weight is 423 g/mol. The Kier molecular flexibility index (Phi) is 6.28. The molecule has 1 amide bonds. The van der Waals surface area contributed by atoms with Crippen molar-refractivity contribution in [2.75, 3.05) is 23.3 Å². The predicted molar refractivity (Wildman–Crippen MR) is 117 cm³/mol. The Bertz CT molecular complexity index is 1040. The third-order valence-electron chi connectivity index (χ3n) is 5.03. The summed E-state index contributed by atoms with van der Waals surface area (Å²) in [5.74, 6) is 0.144. The summed E-state index contributed by atoms with van der Waals surface area (Å²) in [6.07, 6.45) is 5.05. The molecule has 5 nitrogen and oxygen atoms in total. The van der Waals surface area contributed by atoms with E-state index in [-0.39, 0.29) is 17.6 Å². The molecule has 1 unspecified atom stereocenters. The van der Waals surface area contributed by atoms with Crippen LogP contribution in [0.1, 0.15) is 18.4 Å². The maximum atomic E-state index is 13.4. The number of carbonyl (C=O) groups is 1. The fourth-order valence-corrected chi connectivity index (χ4v) is 4.59. The molecule has 7 heteroatoms. The van der Waals surface area contributed by atoms with Gasteiger partial charge in [-0.15, -0.1) is 0 Å². The van der Waals surface area contributed by atoms with Crippen LogP contribution in [0.25, 0.3) is 0 Å². The first-order valence-electron chi connectivity index (χ1n) is 9.95. The summed E-state index contributed by atoms with van der Waals surface area (Å²) in [5.41, 5.74) is 1.67. The summed E-state index contributed by atoms with van der Waals surface area (Å²) in [6, 6.07) is 14.2. The molecule has 30 heavy (non-hydrogen) atoms. The van der Waals surface area contributed by atoms with Gasteiger partial charge in [-0.05, 0) is 50.1 Å². The lowest BCUT2D eigenvalue weighted by molar-refractivity contribution is -0.120. The zero-order chi connectivity index (χ0) is 20.9. The van der Waals surface area contributed by atoms with Gasteiger partial charge in [0.1, 0.15) is 10.8 Å². The highest BCUT2D eigenvalue weighted by Gasteiger charge is 2.28. The molecule has 1 saturated heterocycles. The second-order valence-corrected chi connectivity index (χ2v) is 8.45. The van der Waals surface area contributed by atoms with E-state index in [9.17, 15) is 9.18 Å². The van der Waals surface area contributed by atoms with Crippen molar-refractivity contribution >= 4 is 29.2 Å². The van der Waals surface area contributed by atoms with E-state index in [1.807, 2.05) is 6.07 Å². The molecule has 3 aromatic rings. The normalized spacial score (nSPS) is 16.3. The molecule has 0 bridgehead atoms. The van der Waals surface area contributed by atoms with E-state index in [0.717, 1.165) is 35.1 Å². The second-order valence-electron chi connectivity index (χ2n) is 7.39. The lowest BCUT2D eigenvalue weighted by atomic mass is 9.97. The van der Waals surface area contributed by atoms with E-state index in [1.165, 1.54) is 17.7 Å². The van der Waals surface area contributed by atoms with E-state index in [4.69, 9.17) is 0 Å². The Morgan fingerprint density at radius 1 is 1.17 bits per heavy atom. The smallest absolute Gasteiger partial charge is 0.229 e. The Hall–Kier alpha value is -2.93. The van der Waals surface area contributed by atoms with Crippen molar-refractivity contribution < 1.29 is 9.18 Å². The van der Waals surface area contributed by atoms with Gasteiger partial charge in [0, 0.05) is 36.1 Å². The molecule has 2 heterocycles. The Morgan fingerprint density at radius 3 is 2.83 bits per heavy atom. The molecule has 0 saturated carbocycles. The second kappa shape index (κ2) is 9.26. The minimum Gasteiger partial charge on any atom is -0.354 e. The highest BCUT2D eigenvalue weighted by molar-refractivity contribution is 7.99. The fourth-order valence-electron chi connectivity index (χ4n) is 3.59. The van der Waals surface area contributed by atoms with Crippen LogP contribution >= 0.6 is 11.8 Å². The van der Waals surface area contributed by atoms with Crippen LogP contribution < -0.4 is 10.2 Å². The number of hydrogen-bond donors (Lipinski definition) is 1. The molecular formula is C23H23FN4OS.